The Labute approximate surface area is 118 Å². The molecule has 0 N–H and O–H groups in total. The van der Waals surface area contributed by atoms with E-state index in [1.165, 1.54) is 11.1 Å². The minimum absolute atomic E-state index is 0.483. The highest BCUT2D eigenvalue weighted by atomic mass is 35.5. The second-order valence-corrected chi connectivity index (χ2v) is 5.06. The molecule has 19 heavy (non-hydrogen) atoms. The Morgan fingerprint density at radius 2 is 1.74 bits per heavy atom. The van der Waals surface area contributed by atoms with Crippen LogP contribution in [0.15, 0.2) is 36.4 Å². The maximum absolute atomic E-state index is 9.24. The highest BCUT2D eigenvalue weighted by molar-refractivity contribution is 6.32. The third-order valence-electron chi connectivity index (χ3n) is 3.06. The van der Waals surface area contributed by atoms with E-state index in [-0.39, 0.29) is 0 Å². The molecule has 0 aliphatic rings. The van der Waals surface area contributed by atoms with Crippen LogP contribution in [0.1, 0.15) is 16.7 Å². The van der Waals surface area contributed by atoms with Gasteiger partial charge < -0.3 is 4.90 Å². The largest absolute Gasteiger partial charge is 0.343 e. The van der Waals surface area contributed by atoms with Gasteiger partial charge in [-0.15, -0.1) is 0 Å². The van der Waals surface area contributed by atoms with Gasteiger partial charge in [0.15, 0.2) is 0 Å². The van der Waals surface area contributed by atoms with Crippen LogP contribution in [0.2, 0.25) is 5.02 Å². The van der Waals surface area contributed by atoms with Crippen molar-refractivity contribution in [2.45, 2.75) is 13.8 Å². The molecule has 0 spiro atoms. The molecule has 0 saturated heterocycles. The number of benzene rings is 2. The maximum atomic E-state index is 9.24. The van der Waals surface area contributed by atoms with Crippen LogP contribution in [-0.2, 0) is 0 Å². The molecule has 0 saturated carbocycles. The van der Waals surface area contributed by atoms with Crippen LogP contribution < -0.4 is 4.90 Å². The zero-order chi connectivity index (χ0) is 14.0. The highest BCUT2D eigenvalue weighted by Gasteiger charge is 2.12. The number of aryl methyl sites for hydroxylation is 2. The molecule has 0 atom stereocenters. The van der Waals surface area contributed by atoms with Crippen LogP contribution in [0.4, 0.5) is 11.4 Å². The van der Waals surface area contributed by atoms with Crippen molar-refractivity contribution in [3.05, 3.63) is 58.1 Å². The van der Waals surface area contributed by atoms with Gasteiger partial charge in [-0.05, 0) is 49.2 Å². The Hall–Kier alpha value is -1.98. The van der Waals surface area contributed by atoms with Crippen molar-refractivity contribution >= 4 is 23.0 Å². The first-order valence-electron chi connectivity index (χ1n) is 6.03. The summed E-state index contributed by atoms with van der Waals surface area (Å²) in [6.07, 6.45) is 0. The Morgan fingerprint density at radius 1 is 1.11 bits per heavy atom. The van der Waals surface area contributed by atoms with E-state index in [1.807, 2.05) is 24.1 Å². The van der Waals surface area contributed by atoms with E-state index in [2.05, 4.69) is 38.1 Å². The fourth-order valence-corrected chi connectivity index (χ4v) is 2.40. The zero-order valence-electron chi connectivity index (χ0n) is 11.2. The first-order chi connectivity index (χ1) is 9.02. The van der Waals surface area contributed by atoms with Crippen molar-refractivity contribution < 1.29 is 0 Å². The second-order valence-electron chi connectivity index (χ2n) is 4.65. The van der Waals surface area contributed by atoms with E-state index in [0.717, 1.165) is 11.4 Å². The summed E-state index contributed by atoms with van der Waals surface area (Å²) in [6.45, 7) is 4.13. The number of rotatable bonds is 2. The summed E-state index contributed by atoms with van der Waals surface area (Å²) < 4.78 is 0. The normalized spacial score (nSPS) is 10.1. The maximum Gasteiger partial charge on any atom is 0.103 e. The van der Waals surface area contributed by atoms with E-state index in [9.17, 15) is 5.26 Å². The van der Waals surface area contributed by atoms with Crippen LogP contribution in [0.3, 0.4) is 0 Å². The number of hydrogen-bond acceptors (Lipinski definition) is 2. The lowest BCUT2D eigenvalue weighted by Gasteiger charge is -2.22. The molecule has 0 bridgehead atoms. The van der Waals surface area contributed by atoms with Gasteiger partial charge in [0.05, 0.1) is 16.3 Å². The number of nitriles is 1. The number of anilines is 2. The van der Waals surface area contributed by atoms with Gasteiger partial charge in [-0.25, -0.2) is 0 Å². The third kappa shape index (κ3) is 2.72. The Morgan fingerprint density at radius 3 is 2.32 bits per heavy atom. The second kappa shape index (κ2) is 5.34. The van der Waals surface area contributed by atoms with Crippen LogP contribution in [0.5, 0.6) is 0 Å². The van der Waals surface area contributed by atoms with E-state index < -0.39 is 0 Å². The van der Waals surface area contributed by atoms with E-state index in [1.54, 1.807) is 6.07 Å². The van der Waals surface area contributed by atoms with Crippen molar-refractivity contribution in [3.8, 4) is 6.07 Å². The number of nitrogens with zero attached hydrogens (tertiary/aromatic N) is 2. The molecule has 2 aromatic carbocycles. The smallest absolute Gasteiger partial charge is 0.103 e. The predicted octanol–water partition coefficient (Wildman–Crippen LogP) is 4.60. The minimum atomic E-state index is 0.483. The van der Waals surface area contributed by atoms with Gasteiger partial charge in [-0.1, -0.05) is 23.7 Å². The van der Waals surface area contributed by atoms with Crippen LogP contribution >= 0.6 is 11.6 Å². The Balaban J connectivity index is 2.53. The van der Waals surface area contributed by atoms with Crippen molar-refractivity contribution in [2.24, 2.45) is 0 Å². The Kier molecular flexibility index (Phi) is 3.78. The van der Waals surface area contributed by atoms with Gasteiger partial charge in [0.25, 0.3) is 0 Å². The van der Waals surface area contributed by atoms with Crippen molar-refractivity contribution in [1.82, 2.24) is 0 Å². The molecule has 0 fully saturated rings. The summed E-state index contributed by atoms with van der Waals surface area (Å²) in [5.74, 6) is 0. The SMILES string of the molecule is Cc1cc(C)cc(N(C)c2cccc(Cl)c2C#N)c1. The molecule has 0 aliphatic heterocycles. The van der Waals surface area contributed by atoms with Crippen LogP contribution in [0.25, 0.3) is 0 Å². The number of halogens is 1. The molecule has 3 heteroatoms. The van der Waals surface area contributed by atoms with Crippen LogP contribution in [-0.4, -0.2) is 7.05 Å². The molecule has 2 nitrogen and oxygen atoms in total. The quantitative estimate of drug-likeness (QED) is 0.798. The fourth-order valence-electron chi connectivity index (χ4n) is 2.19. The van der Waals surface area contributed by atoms with Gasteiger partial charge in [0, 0.05) is 12.7 Å². The topological polar surface area (TPSA) is 27.0 Å². The standard InChI is InChI=1S/C16H15ClN2/c1-11-7-12(2)9-13(8-11)19(3)16-6-4-5-15(17)14(16)10-18/h4-9H,1-3H3. The molecule has 96 valence electrons. The summed E-state index contributed by atoms with van der Waals surface area (Å²) >= 11 is 6.07. The molecule has 2 rings (SSSR count). The van der Waals surface area contributed by atoms with Gasteiger partial charge >= 0.3 is 0 Å². The molecular formula is C16H15ClN2. The fraction of sp³-hybridized carbons (Fsp3) is 0.188. The summed E-state index contributed by atoms with van der Waals surface area (Å²) in [4.78, 5) is 1.99. The van der Waals surface area contributed by atoms with E-state index in [4.69, 9.17) is 11.6 Å². The van der Waals surface area contributed by atoms with Crippen molar-refractivity contribution in [2.75, 3.05) is 11.9 Å². The zero-order valence-corrected chi connectivity index (χ0v) is 12.0. The Bertz CT molecular complexity index is 636. The molecule has 0 aliphatic carbocycles. The first kappa shape index (κ1) is 13.5. The predicted molar refractivity (Wildman–Crippen MR) is 80.1 cm³/mol. The van der Waals surface area contributed by atoms with Gasteiger partial charge in [-0.3, -0.25) is 0 Å². The molecule has 2 aromatic rings. The lowest BCUT2D eigenvalue weighted by molar-refractivity contribution is 1.18. The van der Waals surface area contributed by atoms with Crippen LogP contribution in [0, 0.1) is 25.2 Å². The summed E-state index contributed by atoms with van der Waals surface area (Å²) in [5, 5.41) is 9.73. The first-order valence-corrected chi connectivity index (χ1v) is 6.41. The minimum Gasteiger partial charge on any atom is -0.343 e. The van der Waals surface area contributed by atoms with Crippen molar-refractivity contribution in [1.29, 1.82) is 5.26 Å². The summed E-state index contributed by atoms with van der Waals surface area (Å²) in [6, 6.07) is 14.0. The lowest BCUT2D eigenvalue weighted by atomic mass is 10.1. The molecule has 0 radical (unpaired) electrons. The monoisotopic (exact) mass is 270 g/mol. The third-order valence-corrected chi connectivity index (χ3v) is 3.37. The molecule has 0 unspecified atom stereocenters. The summed E-state index contributed by atoms with van der Waals surface area (Å²) in [5.41, 5.74) is 4.77. The van der Waals surface area contributed by atoms with E-state index >= 15 is 0 Å². The van der Waals surface area contributed by atoms with Gasteiger partial charge in [0.1, 0.15) is 6.07 Å². The molecule has 0 amide bonds. The number of hydrogen-bond donors (Lipinski definition) is 0. The molecule has 0 heterocycles. The molecular weight excluding hydrogens is 256 g/mol. The summed E-state index contributed by atoms with van der Waals surface area (Å²) in [7, 11) is 1.95. The van der Waals surface area contributed by atoms with E-state index in [0.29, 0.717) is 10.6 Å². The van der Waals surface area contributed by atoms with Gasteiger partial charge in [-0.2, -0.15) is 5.26 Å². The highest BCUT2D eigenvalue weighted by Crippen LogP contribution is 2.31. The van der Waals surface area contributed by atoms with Crippen molar-refractivity contribution in [3.63, 3.8) is 0 Å². The molecule has 0 aromatic heterocycles. The average Bonchev–Trinajstić information content (AvgIpc) is 2.36. The van der Waals surface area contributed by atoms with Gasteiger partial charge in [0.2, 0.25) is 0 Å². The average molecular weight is 271 g/mol. The lowest BCUT2D eigenvalue weighted by Crippen LogP contribution is -2.11.